The van der Waals surface area contributed by atoms with Gasteiger partial charge in [0.1, 0.15) is 5.56 Å². The molecule has 0 radical (unpaired) electrons. The fourth-order valence-electron chi connectivity index (χ4n) is 4.27. The van der Waals surface area contributed by atoms with Gasteiger partial charge in [-0.15, -0.1) is 0 Å². The summed E-state index contributed by atoms with van der Waals surface area (Å²) in [6.07, 6.45) is -2.80. The van der Waals surface area contributed by atoms with Crippen molar-refractivity contribution in [2.45, 2.75) is 45.3 Å². The van der Waals surface area contributed by atoms with Crippen molar-refractivity contribution in [1.82, 2.24) is 9.88 Å². The van der Waals surface area contributed by atoms with Gasteiger partial charge in [-0.1, -0.05) is 74.3 Å². The summed E-state index contributed by atoms with van der Waals surface area (Å²) in [6.45, 7) is 6.19. The van der Waals surface area contributed by atoms with E-state index in [9.17, 15) is 18.0 Å². The molecule has 0 atom stereocenters. The zero-order chi connectivity index (χ0) is 27.8. The molecule has 1 heterocycles. The molecule has 0 saturated carbocycles. The zero-order valence-electron chi connectivity index (χ0n) is 21.0. The van der Waals surface area contributed by atoms with E-state index in [1.54, 1.807) is 18.3 Å². The number of carbonyl (C=O) groups is 1. The number of nitrogens with zero attached hydrogens (tertiary/aromatic N) is 1. The minimum absolute atomic E-state index is 0.0195. The molecule has 1 amide bonds. The Balaban J connectivity index is 1.71. The first-order valence-corrected chi connectivity index (χ1v) is 12.7. The molecular formula is C29H26Cl2F4N2O. The molecule has 0 aliphatic heterocycles. The molecule has 4 rings (SSSR count). The molecule has 4 aromatic rings. The van der Waals surface area contributed by atoms with E-state index in [0.717, 1.165) is 17.7 Å². The van der Waals surface area contributed by atoms with Gasteiger partial charge in [0.2, 0.25) is 0 Å². The van der Waals surface area contributed by atoms with E-state index >= 15 is 4.39 Å². The Morgan fingerprint density at radius 1 is 0.947 bits per heavy atom. The lowest BCUT2D eigenvalue weighted by Crippen LogP contribution is -2.33. The predicted molar refractivity (Wildman–Crippen MR) is 143 cm³/mol. The number of halogens is 6. The highest BCUT2D eigenvalue weighted by atomic mass is 35.5. The molecule has 0 bridgehead atoms. The molecule has 38 heavy (non-hydrogen) atoms. The molecule has 9 heteroatoms. The molecule has 0 aliphatic rings. The quantitative estimate of drug-likeness (QED) is 0.233. The van der Waals surface area contributed by atoms with Crippen LogP contribution in [-0.2, 0) is 24.6 Å². The smallest absolute Gasteiger partial charge is 0.360 e. The summed E-state index contributed by atoms with van der Waals surface area (Å²) >= 11 is 12.7. The largest absolute Gasteiger partial charge is 0.416 e. The fraction of sp³-hybridized carbons (Fsp3) is 0.276. The van der Waals surface area contributed by atoms with Crippen LogP contribution in [-0.4, -0.2) is 22.3 Å². The second-order valence-electron chi connectivity index (χ2n) is 10.2. The van der Waals surface area contributed by atoms with Crippen LogP contribution in [0.1, 0.15) is 53.4 Å². The zero-order valence-corrected chi connectivity index (χ0v) is 22.5. The molecule has 1 N–H and O–H groups in total. The van der Waals surface area contributed by atoms with Gasteiger partial charge in [0.15, 0.2) is 5.82 Å². The summed E-state index contributed by atoms with van der Waals surface area (Å²) in [5.41, 5.74) is 1.15. The van der Waals surface area contributed by atoms with Crippen LogP contribution in [0.3, 0.4) is 0 Å². The van der Waals surface area contributed by atoms with E-state index < -0.39 is 23.5 Å². The van der Waals surface area contributed by atoms with Gasteiger partial charge >= 0.3 is 6.18 Å². The van der Waals surface area contributed by atoms with Crippen LogP contribution in [0, 0.1) is 5.82 Å². The normalized spacial score (nSPS) is 12.2. The minimum Gasteiger partial charge on any atom is -0.360 e. The summed E-state index contributed by atoms with van der Waals surface area (Å²) in [5, 5.41) is 0.793. The second kappa shape index (κ2) is 10.6. The molecule has 0 unspecified atom stereocenters. The van der Waals surface area contributed by atoms with Gasteiger partial charge in [-0.3, -0.25) is 4.79 Å². The number of hydrogen-bond donors (Lipinski definition) is 1. The number of H-pyrrole nitrogens is 1. The topological polar surface area (TPSA) is 36.1 Å². The van der Waals surface area contributed by atoms with Crippen molar-refractivity contribution in [2.75, 3.05) is 6.54 Å². The molecule has 200 valence electrons. The number of aromatic nitrogens is 1. The molecule has 0 spiro atoms. The van der Waals surface area contributed by atoms with Crippen LogP contribution >= 0.6 is 23.2 Å². The lowest BCUT2D eigenvalue weighted by Gasteiger charge is -2.26. The van der Waals surface area contributed by atoms with E-state index in [1.807, 2.05) is 39.0 Å². The van der Waals surface area contributed by atoms with Crippen LogP contribution in [0.25, 0.3) is 10.9 Å². The SMILES string of the molecule is CC(C)(C)c1ccc(CN(CCc2cccc(C(F)(F)F)c2)C(=O)c2c(F)c(Cl)cc3cc[nH]c23)c(Cl)c1. The number of carbonyl (C=O) groups excluding carboxylic acids is 1. The van der Waals surface area contributed by atoms with Gasteiger partial charge in [-0.25, -0.2) is 4.39 Å². The number of rotatable bonds is 6. The third kappa shape index (κ3) is 6.00. The Morgan fingerprint density at radius 3 is 2.34 bits per heavy atom. The summed E-state index contributed by atoms with van der Waals surface area (Å²) in [6, 6.07) is 13.6. The standard InChI is InChI=1S/C29H26Cl2F4N2O/c1-28(2,3)20-8-7-19(22(30)15-20)16-37(12-10-17-5-4-6-21(13-17)29(33,34)35)27(38)24-25(32)23(31)14-18-9-11-36-26(18)24/h4-9,11,13-15,36H,10,12,16H2,1-3H3. The van der Waals surface area contributed by atoms with Gasteiger partial charge < -0.3 is 9.88 Å². The number of nitrogens with one attached hydrogen (secondary N) is 1. The maximum Gasteiger partial charge on any atom is 0.416 e. The van der Waals surface area contributed by atoms with Crippen molar-refractivity contribution in [3.63, 3.8) is 0 Å². The van der Waals surface area contributed by atoms with Crippen LogP contribution in [0.15, 0.2) is 60.8 Å². The first-order chi connectivity index (χ1) is 17.8. The van der Waals surface area contributed by atoms with Gasteiger partial charge in [-0.05, 0) is 52.8 Å². The number of alkyl halides is 3. The summed E-state index contributed by atoms with van der Waals surface area (Å²) < 4.78 is 54.9. The van der Waals surface area contributed by atoms with Gasteiger partial charge in [-0.2, -0.15) is 13.2 Å². The first-order valence-electron chi connectivity index (χ1n) is 11.9. The molecule has 0 fully saturated rings. The summed E-state index contributed by atoms with van der Waals surface area (Å²) in [5.74, 6) is -1.52. The molecular weight excluding hydrogens is 539 g/mol. The lowest BCUT2D eigenvalue weighted by molar-refractivity contribution is -0.137. The Labute approximate surface area is 228 Å². The average Bonchev–Trinajstić information content (AvgIpc) is 3.29. The maximum absolute atomic E-state index is 15.2. The highest BCUT2D eigenvalue weighted by Crippen LogP contribution is 2.32. The van der Waals surface area contributed by atoms with E-state index in [1.165, 1.54) is 17.0 Å². The van der Waals surface area contributed by atoms with Crippen molar-refractivity contribution in [3.8, 4) is 0 Å². The van der Waals surface area contributed by atoms with Crippen LogP contribution in [0.2, 0.25) is 10.0 Å². The van der Waals surface area contributed by atoms with E-state index in [2.05, 4.69) is 4.98 Å². The fourth-order valence-corrected chi connectivity index (χ4v) is 4.73. The van der Waals surface area contributed by atoms with Gasteiger partial charge in [0, 0.05) is 29.7 Å². The first kappa shape index (κ1) is 28.0. The van der Waals surface area contributed by atoms with E-state index in [0.29, 0.717) is 21.5 Å². The number of amides is 1. The van der Waals surface area contributed by atoms with Crippen LogP contribution in [0.5, 0.6) is 0 Å². The van der Waals surface area contributed by atoms with E-state index in [-0.39, 0.29) is 41.0 Å². The Morgan fingerprint density at radius 2 is 1.68 bits per heavy atom. The Bertz CT molecular complexity index is 1490. The highest BCUT2D eigenvalue weighted by molar-refractivity contribution is 6.32. The number of hydrogen-bond acceptors (Lipinski definition) is 1. The molecule has 1 aromatic heterocycles. The van der Waals surface area contributed by atoms with Crippen molar-refractivity contribution in [3.05, 3.63) is 104 Å². The minimum atomic E-state index is -4.49. The van der Waals surface area contributed by atoms with Crippen molar-refractivity contribution in [2.24, 2.45) is 0 Å². The van der Waals surface area contributed by atoms with Crippen molar-refractivity contribution >= 4 is 40.0 Å². The molecule has 0 aliphatic carbocycles. The van der Waals surface area contributed by atoms with Crippen molar-refractivity contribution < 1.29 is 22.4 Å². The number of aromatic amines is 1. The number of benzene rings is 3. The average molecular weight is 565 g/mol. The van der Waals surface area contributed by atoms with Gasteiger partial charge in [0.25, 0.3) is 5.91 Å². The summed E-state index contributed by atoms with van der Waals surface area (Å²) in [7, 11) is 0. The monoisotopic (exact) mass is 564 g/mol. The number of fused-ring (bicyclic) bond motifs is 1. The molecule has 3 nitrogen and oxygen atoms in total. The molecule has 0 saturated heterocycles. The molecule has 3 aromatic carbocycles. The second-order valence-corrected chi connectivity index (χ2v) is 11.0. The Kier molecular flexibility index (Phi) is 7.82. The third-order valence-corrected chi connectivity index (χ3v) is 7.07. The summed E-state index contributed by atoms with van der Waals surface area (Å²) in [4.78, 5) is 18.1. The van der Waals surface area contributed by atoms with Gasteiger partial charge in [0.05, 0.1) is 16.1 Å². The maximum atomic E-state index is 15.2. The van der Waals surface area contributed by atoms with Crippen LogP contribution in [0.4, 0.5) is 17.6 Å². The highest BCUT2D eigenvalue weighted by Gasteiger charge is 2.31. The Hall–Kier alpha value is -3.03. The van der Waals surface area contributed by atoms with Crippen molar-refractivity contribution in [1.29, 1.82) is 0 Å². The van der Waals surface area contributed by atoms with E-state index in [4.69, 9.17) is 23.2 Å². The third-order valence-electron chi connectivity index (χ3n) is 6.45. The lowest BCUT2D eigenvalue weighted by atomic mass is 9.86. The van der Waals surface area contributed by atoms with Crippen LogP contribution < -0.4 is 0 Å². The predicted octanol–water partition coefficient (Wildman–Crippen LogP) is 8.82.